The van der Waals surface area contributed by atoms with E-state index in [1.807, 2.05) is 11.0 Å². The number of hydroxylamine groups is 1. The molecule has 0 saturated heterocycles. The Morgan fingerprint density at radius 1 is 1.26 bits per heavy atom. The quantitative estimate of drug-likeness (QED) is 0.270. The second-order valence-corrected chi connectivity index (χ2v) is 7.93. The number of Topliss-reactive ketones (excluding diaryl/α,β-unsaturated/α-hetero) is 1. The Morgan fingerprint density at radius 2 is 1.97 bits per heavy atom. The van der Waals surface area contributed by atoms with E-state index in [1.165, 1.54) is 26.2 Å². The van der Waals surface area contributed by atoms with Gasteiger partial charge in [-0.25, -0.2) is 20.5 Å². The van der Waals surface area contributed by atoms with Crippen LogP contribution in [0.1, 0.15) is 42.6 Å². The highest BCUT2D eigenvalue weighted by atomic mass is 19.4. The predicted octanol–water partition coefficient (Wildman–Crippen LogP) is 1.86. The largest absolute Gasteiger partial charge is 0.423 e. The molecule has 2 aromatic heterocycles. The van der Waals surface area contributed by atoms with Crippen molar-refractivity contribution in [2.45, 2.75) is 38.9 Å². The SMILES string of the molecule is CC(=O)c1cnc(N2CC=C(CC(=O)NOC[C@H](C)Nc3cn[nH]c(=O)c3C(F)(F)F)CC2)nc1. The van der Waals surface area contributed by atoms with Gasteiger partial charge in [0.25, 0.3) is 5.56 Å². The van der Waals surface area contributed by atoms with E-state index in [1.54, 1.807) is 5.10 Å². The second kappa shape index (κ2) is 11.1. The number of hydrogen-bond donors (Lipinski definition) is 3. The average molecular weight is 495 g/mol. The van der Waals surface area contributed by atoms with Gasteiger partial charge in [0.05, 0.1) is 24.1 Å². The molecule has 0 spiro atoms. The lowest BCUT2D eigenvalue weighted by atomic mass is 10.0. The van der Waals surface area contributed by atoms with Crippen LogP contribution in [0.25, 0.3) is 0 Å². The standard InChI is InChI=1S/C21H24F3N7O4/c1-12(28-16-10-27-29-19(34)18(16)21(22,23)24)11-35-30-17(33)7-14-3-5-31(6-4-14)20-25-8-15(9-26-20)13(2)32/h3,8-10,12H,4-7,11H2,1-2H3,(H,30,33)(H2,28,29,34)/t12-/m0/s1. The lowest BCUT2D eigenvalue weighted by Gasteiger charge is -2.26. The zero-order chi connectivity index (χ0) is 25.6. The van der Waals surface area contributed by atoms with E-state index in [4.69, 9.17) is 4.84 Å². The summed E-state index contributed by atoms with van der Waals surface area (Å²) in [4.78, 5) is 50.4. The van der Waals surface area contributed by atoms with Crippen LogP contribution < -0.4 is 21.3 Å². The highest BCUT2D eigenvalue weighted by molar-refractivity contribution is 5.93. The zero-order valence-corrected chi connectivity index (χ0v) is 19.0. The van der Waals surface area contributed by atoms with Gasteiger partial charge in [-0.1, -0.05) is 11.6 Å². The first-order chi connectivity index (χ1) is 16.5. The van der Waals surface area contributed by atoms with Gasteiger partial charge in [-0.3, -0.25) is 19.2 Å². The molecule has 14 heteroatoms. The molecule has 188 valence electrons. The van der Waals surface area contributed by atoms with Gasteiger partial charge >= 0.3 is 6.18 Å². The number of ketones is 1. The molecule has 35 heavy (non-hydrogen) atoms. The summed E-state index contributed by atoms with van der Waals surface area (Å²) in [6.45, 7) is 3.89. The molecule has 0 unspecified atom stereocenters. The van der Waals surface area contributed by atoms with Crippen LogP contribution in [0, 0.1) is 0 Å². The van der Waals surface area contributed by atoms with Gasteiger partial charge in [0, 0.05) is 37.9 Å². The number of aromatic amines is 1. The predicted molar refractivity (Wildman–Crippen MR) is 119 cm³/mol. The van der Waals surface area contributed by atoms with Gasteiger partial charge in [0.1, 0.15) is 5.56 Å². The third kappa shape index (κ3) is 7.09. The van der Waals surface area contributed by atoms with Crippen LogP contribution in [0.2, 0.25) is 0 Å². The maximum atomic E-state index is 13.1. The molecule has 1 aliphatic rings. The summed E-state index contributed by atoms with van der Waals surface area (Å²) in [7, 11) is 0. The molecule has 2 aromatic rings. The minimum Gasteiger partial charge on any atom is -0.378 e. The van der Waals surface area contributed by atoms with Crippen LogP contribution in [-0.2, 0) is 15.8 Å². The number of carbonyl (C=O) groups is 2. The van der Waals surface area contributed by atoms with Crippen LogP contribution >= 0.6 is 0 Å². The molecule has 0 saturated carbocycles. The fourth-order valence-corrected chi connectivity index (χ4v) is 3.31. The van der Waals surface area contributed by atoms with Crippen molar-refractivity contribution >= 4 is 23.3 Å². The van der Waals surface area contributed by atoms with Crippen molar-refractivity contribution in [2.75, 3.05) is 29.9 Å². The minimum absolute atomic E-state index is 0.0932. The van der Waals surface area contributed by atoms with Gasteiger partial charge in [-0.15, -0.1) is 0 Å². The van der Waals surface area contributed by atoms with Crippen molar-refractivity contribution in [1.29, 1.82) is 0 Å². The topological polar surface area (TPSA) is 142 Å². The van der Waals surface area contributed by atoms with E-state index in [0.29, 0.717) is 31.0 Å². The molecule has 3 heterocycles. The second-order valence-electron chi connectivity index (χ2n) is 7.93. The van der Waals surface area contributed by atoms with E-state index in [9.17, 15) is 27.6 Å². The molecule has 3 N–H and O–H groups in total. The van der Waals surface area contributed by atoms with Crippen LogP contribution in [0.4, 0.5) is 24.8 Å². The molecule has 0 bridgehead atoms. The normalized spacial score (nSPS) is 14.8. The molecule has 3 rings (SSSR count). The minimum atomic E-state index is -4.86. The van der Waals surface area contributed by atoms with Crippen molar-refractivity contribution in [3.05, 3.63) is 51.7 Å². The summed E-state index contributed by atoms with van der Waals surface area (Å²) >= 11 is 0. The molecular weight excluding hydrogens is 471 g/mol. The summed E-state index contributed by atoms with van der Waals surface area (Å²) in [5.74, 6) is -0.0363. The highest BCUT2D eigenvalue weighted by Crippen LogP contribution is 2.31. The van der Waals surface area contributed by atoms with Crippen molar-refractivity contribution in [2.24, 2.45) is 0 Å². The summed E-state index contributed by atoms with van der Waals surface area (Å²) in [5.41, 5.74) is 0.352. The number of amides is 1. The molecule has 0 radical (unpaired) electrons. The maximum absolute atomic E-state index is 13.1. The Balaban J connectivity index is 1.44. The van der Waals surface area contributed by atoms with E-state index in [-0.39, 0.29) is 18.8 Å². The number of H-pyrrole nitrogens is 1. The van der Waals surface area contributed by atoms with E-state index >= 15 is 0 Å². The number of carbonyl (C=O) groups excluding carboxylic acids is 2. The molecule has 11 nitrogen and oxygen atoms in total. The van der Waals surface area contributed by atoms with Crippen LogP contribution in [0.15, 0.2) is 35.0 Å². The highest BCUT2D eigenvalue weighted by Gasteiger charge is 2.37. The molecule has 0 aromatic carbocycles. The lowest BCUT2D eigenvalue weighted by Crippen LogP contribution is -2.34. The van der Waals surface area contributed by atoms with Crippen LogP contribution in [0.3, 0.4) is 0 Å². The Kier molecular flexibility index (Phi) is 8.17. The molecule has 1 amide bonds. The zero-order valence-electron chi connectivity index (χ0n) is 19.0. The number of anilines is 2. The fraction of sp³-hybridized carbons (Fsp3) is 0.429. The summed E-state index contributed by atoms with van der Waals surface area (Å²) < 4.78 is 39.3. The van der Waals surface area contributed by atoms with Gasteiger partial charge in [0.15, 0.2) is 5.78 Å². The monoisotopic (exact) mass is 495 g/mol. The Hall–Kier alpha value is -3.81. The van der Waals surface area contributed by atoms with Crippen molar-refractivity contribution in [3.8, 4) is 0 Å². The number of halogens is 3. The Morgan fingerprint density at radius 3 is 2.57 bits per heavy atom. The Bertz CT molecular complexity index is 1150. The molecular formula is C21H24F3N7O4. The maximum Gasteiger partial charge on any atom is 0.423 e. The van der Waals surface area contributed by atoms with Gasteiger partial charge in [-0.2, -0.15) is 18.3 Å². The van der Waals surface area contributed by atoms with E-state index < -0.39 is 34.9 Å². The third-order valence-corrected chi connectivity index (χ3v) is 5.08. The molecule has 0 aliphatic carbocycles. The molecule has 0 fully saturated rings. The smallest absolute Gasteiger partial charge is 0.378 e. The lowest BCUT2D eigenvalue weighted by molar-refractivity contribution is -0.138. The number of rotatable bonds is 9. The van der Waals surface area contributed by atoms with E-state index in [2.05, 4.69) is 25.9 Å². The number of nitrogens with zero attached hydrogens (tertiary/aromatic N) is 4. The van der Waals surface area contributed by atoms with Crippen LogP contribution in [-0.4, -0.2) is 57.6 Å². The average Bonchev–Trinajstić information content (AvgIpc) is 2.79. The van der Waals surface area contributed by atoms with E-state index in [0.717, 1.165) is 11.8 Å². The third-order valence-electron chi connectivity index (χ3n) is 5.08. The summed E-state index contributed by atoms with van der Waals surface area (Å²) in [6, 6.07) is -0.670. The van der Waals surface area contributed by atoms with Crippen molar-refractivity contribution in [3.63, 3.8) is 0 Å². The number of nitrogens with one attached hydrogen (secondary N) is 3. The number of aromatic nitrogens is 4. The summed E-state index contributed by atoms with van der Waals surface area (Å²) in [5, 5.41) is 7.65. The number of alkyl halides is 3. The summed E-state index contributed by atoms with van der Waals surface area (Å²) in [6.07, 6.45) is 1.52. The fourth-order valence-electron chi connectivity index (χ4n) is 3.31. The van der Waals surface area contributed by atoms with Crippen molar-refractivity contribution < 1.29 is 27.6 Å². The molecule has 1 atom stereocenters. The van der Waals surface area contributed by atoms with Gasteiger partial charge in [0.2, 0.25) is 11.9 Å². The first kappa shape index (κ1) is 25.8. The van der Waals surface area contributed by atoms with Gasteiger partial charge < -0.3 is 10.2 Å². The first-order valence-corrected chi connectivity index (χ1v) is 10.6. The number of hydrogen-bond acceptors (Lipinski definition) is 9. The molecule has 1 aliphatic heterocycles. The van der Waals surface area contributed by atoms with Crippen LogP contribution in [0.5, 0.6) is 0 Å². The van der Waals surface area contributed by atoms with Gasteiger partial charge in [-0.05, 0) is 20.3 Å². The van der Waals surface area contributed by atoms with Crippen molar-refractivity contribution in [1.82, 2.24) is 25.6 Å². The first-order valence-electron chi connectivity index (χ1n) is 10.6. The Labute approximate surface area is 197 Å².